The lowest BCUT2D eigenvalue weighted by molar-refractivity contribution is -0.140. The number of alkyl halides is 3. The first-order valence-corrected chi connectivity index (χ1v) is 11.1. The van der Waals surface area contributed by atoms with E-state index in [1.165, 1.54) is 12.1 Å². The van der Waals surface area contributed by atoms with Gasteiger partial charge in [-0.1, -0.05) is 18.2 Å². The summed E-state index contributed by atoms with van der Waals surface area (Å²) in [5, 5.41) is 7.30. The highest BCUT2D eigenvalue weighted by Gasteiger charge is 2.33. The number of aliphatic imine (C=N–C) groups is 1. The van der Waals surface area contributed by atoms with Gasteiger partial charge < -0.3 is 10.6 Å². The maximum atomic E-state index is 12.6. The molecule has 2 aromatic rings. The van der Waals surface area contributed by atoms with E-state index in [0.717, 1.165) is 16.7 Å². The number of guanidine groups is 1. The van der Waals surface area contributed by atoms with Crippen LogP contribution in [-0.2, 0) is 22.4 Å². The van der Waals surface area contributed by atoms with Gasteiger partial charge >= 0.3 is 6.18 Å². The lowest BCUT2D eigenvalue weighted by atomic mass is 10.4. The van der Waals surface area contributed by atoms with Gasteiger partial charge in [-0.05, 0) is 19.1 Å². The molecule has 1 aromatic carbocycles. The average molecular weight is 435 g/mol. The number of hydrogen-bond acceptors (Lipinski definition) is 5. The molecule has 11 heteroatoms. The Morgan fingerprint density at radius 3 is 2.54 bits per heavy atom. The molecule has 0 aliphatic rings. The van der Waals surface area contributed by atoms with Crippen LogP contribution in [0.25, 0.3) is 0 Å². The summed E-state index contributed by atoms with van der Waals surface area (Å²) in [6, 6.07) is 8.12. The fourth-order valence-electron chi connectivity index (χ4n) is 2.21. The third-order valence-electron chi connectivity index (χ3n) is 3.55. The predicted molar refractivity (Wildman–Crippen MR) is 103 cm³/mol. The smallest absolute Gasteiger partial charge is 0.357 e. The monoisotopic (exact) mass is 434 g/mol. The first-order valence-electron chi connectivity index (χ1n) is 8.54. The maximum Gasteiger partial charge on any atom is 0.434 e. The van der Waals surface area contributed by atoms with Crippen molar-refractivity contribution in [2.45, 2.75) is 24.4 Å². The van der Waals surface area contributed by atoms with Gasteiger partial charge in [-0.2, -0.15) is 13.2 Å². The van der Waals surface area contributed by atoms with Crippen molar-refractivity contribution in [2.24, 2.45) is 4.99 Å². The second-order valence-corrected chi connectivity index (χ2v) is 8.75. The molecule has 154 valence electrons. The van der Waals surface area contributed by atoms with E-state index in [2.05, 4.69) is 20.6 Å². The fourth-order valence-corrected chi connectivity index (χ4v) is 4.15. The van der Waals surface area contributed by atoms with E-state index in [1.54, 1.807) is 18.2 Å². The molecule has 0 spiro atoms. The Kier molecular flexibility index (Phi) is 7.81. The molecule has 0 atom stereocenters. The Bertz CT molecular complexity index is 881. The highest BCUT2D eigenvalue weighted by molar-refractivity contribution is 7.91. The Morgan fingerprint density at radius 1 is 1.21 bits per heavy atom. The standard InChI is InChI=1S/C17H21F3N4O2S2/c1-2-21-16(22-9-8-15-24-14(12-27-15)17(18,19)20)23-10-11-28(25,26)13-6-4-3-5-7-13/h3-7,12H,2,8-11H2,1H3,(H2,21,22,23). The number of hydrogen-bond donors (Lipinski definition) is 2. The first kappa shape index (κ1) is 22.2. The Morgan fingerprint density at radius 2 is 1.93 bits per heavy atom. The van der Waals surface area contributed by atoms with Gasteiger partial charge in [-0.3, -0.25) is 4.99 Å². The van der Waals surface area contributed by atoms with Crippen LogP contribution in [0.4, 0.5) is 13.2 Å². The first-order chi connectivity index (χ1) is 13.2. The lowest BCUT2D eigenvalue weighted by Crippen LogP contribution is -2.38. The average Bonchev–Trinajstić information content (AvgIpc) is 3.12. The molecule has 0 radical (unpaired) electrons. The summed E-state index contributed by atoms with van der Waals surface area (Å²) in [5.74, 6) is 0.257. The number of thiazole rings is 1. The maximum absolute atomic E-state index is 12.6. The fraction of sp³-hybridized carbons (Fsp3) is 0.412. The Balaban J connectivity index is 1.87. The number of sulfone groups is 1. The summed E-state index contributed by atoms with van der Waals surface area (Å²) < 4.78 is 62.2. The zero-order chi connectivity index (χ0) is 20.6. The number of benzene rings is 1. The van der Waals surface area contributed by atoms with E-state index < -0.39 is 21.7 Å². The SMILES string of the molecule is CCNC(=NCCS(=O)(=O)c1ccccc1)NCCc1nc(C(F)(F)F)cs1. The number of aromatic nitrogens is 1. The molecule has 0 unspecified atom stereocenters. The number of nitrogens with one attached hydrogen (secondary N) is 2. The summed E-state index contributed by atoms with van der Waals surface area (Å²) in [7, 11) is -3.42. The van der Waals surface area contributed by atoms with E-state index in [0.29, 0.717) is 30.5 Å². The minimum atomic E-state index is -4.44. The van der Waals surface area contributed by atoms with Crippen molar-refractivity contribution in [1.29, 1.82) is 0 Å². The molecule has 28 heavy (non-hydrogen) atoms. The zero-order valence-corrected chi connectivity index (χ0v) is 16.8. The largest absolute Gasteiger partial charge is 0.434 e. The number of nitrogens with zero attached hydrogens (tertiary/aromatic N) is 2. The molecule has 0 bridgehead atoms. The molecular formula is C17H21F3N4O2S2. The number of halogens is 3. The molecule has 1 aromatic heterocycles. The normalized spacial score (nSPS) is 12.8. The number of rotatable bonds is 8. The van der Waals surface area contributed by atoms with Crippen LogP contribution in [0.1, 0.15) is 17.6 Å². The van der Waals surface area contributed by atoms with Crippen molar-refractivity contribution < 1.29 is 21.6 Å². The lowest BCUT2D eigenvalue weighted by Gasteiger charge is -2.10. The molecule has 2 N–H and O–H groups in total. The van der Waals surface area contributed by atoms with Gasteiger partial charge in [0.2, 0.25) is 0 Å². The van der Waals surface area contributed by atoms with Crippen molar-refractivity contribution in [3.05, 3.63) is 46.4 Å². The second-order valence-electron chi connectivity index (χ2n) is 5.69. The molecule has 0 aliphatic carbocycles. The van der Waals surface area contributed by atoms with Crippen molar-refractivity contribution >= 4 is 27.1 Å². The van der Waals surface area contributed by atoms with Crippen molar-refractivity contribution in [2.75, 3.05) is 25.4 Å². The molecule has 0 aliphatic heterocycles. The van der Waals surface area contributed by atoms with Crippen LogP contribution in [0.15, 0.2) is 45.6 Å². The Hall–Kier alpha value is -2.14. The third-order valence-corrected chi connectivity index (χ3v) is 6.17. The van der Waals surface area contributed by atoms with E-state index in [-0.39, 0.29) is 17.2 Å². The van der Waals surface area contributed by atoms with Crippen LogP contribution in [-0.4, -0.2) is 44.7 Å². The summed E-state index contributed by atoms with van der Waals surface area (Å²) in [4.78, 5) is 8.03. The highest BCUT2D eigenvalue weighted by atomic mass is 32.2. The van der Waals surface area contributed by atoms with E-state index in [9.17, 15) is 21.6 Å². The summed E-state index contributed by atoms with van der Waals surface area (Å²) in [6.07, 6.45) is -4.14. The Labute approximate surface area is 165 Å². The zero-order valence-electron chi connectivity index (χ0n) is 15.2. The van der Waals surface area contributed by atoms with Crippen LogP contribution in [0, 0.1) is 0 Å². The molecule has 1 heterocycles. The highest BCUT2D eigenvalue weighted by Crippen LogP contribution is 2.29. The van der Waals surface area contributed by atoms with Gasteiger partial charge in [-0.25, -0.2) is 13.4 Å². The minimum absolute atomic E-state index is 0.0576. The van der Waals surface area contributed by atoms with Gasteiger partial charge in [0.25, 0.3) is 0 Å². The summed E-state index contributed by atoms with van der Waals surface area (Å²) in [5.41, 5.74) is -0.890. The summed E-state index contributed by atoms with van der Waals surface area (Å²) >= 11 is 0.950. The van der Waals surface area contributed by atoms with Gasteiger partial charge in [0.05, 0.1) is 22.2 Å². The van der Waals surface area contributed by atoms with Crippen molar-refractivity contribution in [3.63, 3.8) is 0 Å². The molecule has 0 saturated carbocycles. The van der Waals surface area contributed by atoms with Crippen LogP contribution in [0.3, 0.4) is 0 Å². The van der Waals surface area contributed by atoms with Gasteiger partial charge in [0.15, 0.2) is 21.5 Å². The van der Waals surface area contributed by atoms with Gasteiger partial charge in [-0.15, -0.1) is 11.3 Å². The second kappa shape index (κ2) is 9.87. The molecule has 0 amide bonds. The van der Waals surface area contributed by atoms with Gasteiger partial charge in [0, 0.05) is 24.9 Å². The summed E-state index contributed by atoms with van der Waals surface area (Å²) in [6.45, 7) is 2.80. The van der Waals surface area contributed by atoms with Crippen LogP contribution < -0.4 is 10.6 Å². The van der Waals surface area contributed by atoms with E-state index in [4.69, 9.17) is 0 Å². The van der Waals surface area contributed by atoms with Gasteiger partial charge in [0.1, 0.15) is 0 Å². The molecule has 6 nitrogen and oxygen atoms in total. The van der Waals surface area contributed by atoms with Crippen LogP contribution in [0.5, 0.6) is 0 Å². The third kappa shape index (κ3) is 6.79. The van der Waals surface area contributed by atoms with Crippen LogP contribution in [0.2, 0.25) is 0 Å². The predicted octanol–water partition coefficient (Wildman–Crippen LogP) is 2.73. The van der Waals surface area contributed by atoms with Crippen molar-refractivity contribution in [1.82, 2.24) is 15.6 Å². The molecule has 0 saturated heterocycles. The molecule has 0 fully saturated rings. The minimum Gasteiger partial charge on any atom is -0.357 e. The van der Waals surface area contributed by atoms with E-state index >= 15 is 0 Å². The molecular weight excluding hydrogens is 413 g/mol. The van der Waals surface area contributed by atoms with Crippen molar-refractivity contribution in [3.8, 4) is 0 Å². The topological polar surface area (TPSA) is 83.5 Å². The quantitative estimate of drug-likeness (QED) is 0.493. The van der Waals surface area contributed by atoms with E-state index in [1.807, 2.05) is 6.92 Å². The molecule has 2 rings (SSSR count). The van der Waals surface area contributed by atoms with Crippen LogP contribution >= 0.6 is 11.3 Å².